The molecule has 0 spiro atoms. The fourth-order valence-corrected chi connectivity index (χ4v) is 3.42. The number of nitrogens with one attached hydrogen (secondary N) is 1. The van der Waals surface area contributed by atoms with Crippen LogP contribution in [0.5, 0.6) is 0 Å². The summed E-state index contributed by atoms with van der Waals surface area (Å²) in [5.41, 5.74) is 0. The molecule has 0 aliphatic carbocycles. The fourth-order valence-electron chi connectivity index (χ4n) is 1.02. The highest BCUT2D eigenvalue weighted by atomic mass is 32.2. The Labute approximate surface area is 97.4 Å². The summed E-state index contributed by atoms with van der Waals surface area (Å²) in [7, 11) is -3.77. The van der Waals surface area contributed by atoms with Crippen molar-refractivity contribution in [1.82, 2.24) is 9.71 Å². The van der Waals surface area contributed by atoms with Crippen molar-refractivity contribution in [2.75, 3.05) is 0 Å². The number of aryl methyl sites for hydroxylation is 1. The quantitative estimate of drug-likeness (QED) is 0.811. The van der Waals surface area contributed by atoms with Crippen LogP contribution in [0, 0.1) is 6.92 Å². The molecule has 1 aromatic heterocycles. The lowest BCUT2D eigenvalue weighted by Crippen LogP contribution is -2.39. The van der Waals surface area contributed by atoms with Crippen molar-refractivity contribution in [1.29, 1.82) is 0 Å². The number of thiazole rings is 1. The highest BCUT2D eigenvalue weighted by Crippen LogP contribution is 2.18. The fraction of sp³-hybridized carbons (Fsp3) is 0.500. The minimum atomic E-state index is -3.77. The maximum Gasteiger partial charge on any atom is 0.321 e. The van der Waals surface area contributed by atoms with E-state index in [2.05, 4.69) is 9.71 Å². The second-order valence-corrected chi connectivity index (χ2v) is 6.29. The minimum absolute atomic E-state index is 0.0321. The van der Waals surface area contributed by atoms with Gasteiger partial charge in [0.25, 0.3) is 10.0 Å². The predicted octanol–water partition coefficient (Wildman–Crippen LogP) is 0.593. The molecule has 0 saturated carbocycles. The Hall–Kier alpha value is -0.990. The van der Waals surface area contributed by atoms with E-state index in [4.69, 9.17) is 5.11 Å². The number of carbonyl (C=O) groups is 1. The first-order valence-electron chi connectivity index (χ1n) is 4.54. The van der Waals surface area contributed by atoms with E-state index in [-0.39, 0.29) is 10.6 Å². The van der Waals surface area contributed by atoms with Crippen molar-refractivity contribution in [2.45, 2.75) is 30.5 Å². The number of rotatable bonds is 5. The first-order chi connectivity index (χ1) is 7.36. The van der Waals surface area contributed by atoms with Gasteiger partial charge in [0.05, 0.1) is 11.2 Å². The van der Waals surface area contributed by atoms with E-state index in [1.54, 1.807) is 13.8 Å². The van der Waals surface area contributed by atoms with Crippen LogP contribution in [0.25, 0.3) is 0 Å². The Morgan fingerprint density at radius 3 is 2.69 bits per heavy atom. The summed E-state index contributed by atoms with van der Waals surface area (Å²) in [4.78, 5) is 14.5. The number of aliphatic carboxylic acids is 1. The zero-order valence-electron chi connectivity index (χ0n) is 8.80. The molecule has 0 bridgehead atoms. The van der Waals surface area contributed by atoms with Crippen LogP contribution < -0.4 is 4.72 Å². The maximum atomic E-state index is 11.7. The van der Waals surface area contributed by atoms with Gasteiger partial charge in [0.2, 0.25) is 0 Å². The molecule has 2 N–H and O–H groups in total. The first-order valence-corrected chi connectivity index (χ1v) is 6.84. The molecule has 1 rings (SSSR count). The number of aromatic nitrogens is 1. The smallest absolute Gasteiger partial charge is 0.321 e. The summed E-state index contributed by atoms with van der Waals surface area (Å²) in [6, 6.07) is -1.10. The Morgan fingerprint density at radius 2 is 2.31 bits per heavy atom. The molecule has 0 unspecified atom stereocenters. The molecule has 1 atom stereocenters. The van der Waals surface area contributed by atoms with Gasteiger partial charge >= 0.3 is 5.97 Å². The summed E-state index contributed by atoms with van der Waals surface area (Å²) < 4.78 is 25.6. The van der Waals surface area contributed by atoms with Crippen molar-refractivity contribution in [3.05, 3.63) is 11.2 Å². The summed E-state index contributed by atoms with van der Waals surface area (Å²) in [5.74, 6) is -1.19. The predicted molar refractivity (Wildman–Crippen MR) is 58.9 cm³/mol. The standard InChI is InChI=1S/C8H12N2O4S2/c1-3-6(8(11)12)10-16(13,14)7-4-9-5(2)15-7/h4,6,10H,3H2,1-2H3,(H,11,12)/t6-/m1/s1. The molecule has 0 fully saturated rings. The molecular weight excluding hydrogens is 252 g/mol. The van der Waals surface area contributed by atoms with E-state index >= 15 is 0 Å². The third-order valence-electron chi connectivity index (χ3n) is 1.87. The van der Waals surface area contributed by atoms with Crippen molar-refractivity contribution < 1.29 is 18.3 Å². The summed E-state index contributed by atoms with van der Waals surface area (Å²) in [5, 5.41) is 9.36. The third-order valence-corrected chi connectivity index (χ3v) is 4.71. The summed E-state index contributed by atoms with van der Waals surface area (Å²) in [6.45, 7) is 3.28. The second kappa shape index (κ2) is 4.89. The van der Waals surface area contributed by atoms with Crippen LogP contribution in [0.4, 0.5) is 0 Å². The average molecular weight is 264 g/mol. The zero-order valence-corrected chi connectivity index (χ0v) is 10.4. The Kier molecular flexibility index (Phi) is 4.00. The van der Waals surface area contributed by atoms with E-state index in [0.717, 1.165) is 11.3 Å². The molecular formula is C8H12N2O4S2. The maximum absolute atomic E-state index is 11.7. The number of carboxylic acids is 1. The molecule has 0 aromatic carbocycles. The van der Waals surface area contributed by atoms with Crippen molar-refractivity contribution in [3.8, 4) is 0 Å². The molecule has 90 valence electrons. The zero-order chi connectivity index (χ0) is 12.3. The molecule has 8 heteroatoms. The number of carboxylic acid groups (broad SMARTS) is 1. The van der Waals surface area contributed by atoms with Gasteiger partial charge in [-0.25, -0.2) is 13.4 Å². The molecule has 1 heterocycles. The Morgan fingerprint density at radius 1 is 1.69 bits per heavy atom. The lowest BCUT2D eigenvalue weighted by molar-refractivity contribution is -0.139. The van der Waals surface area contributed by atoms with Crippen molar-refractivity contribution >= 4 is 27.3 Å². The van der Waals surface area contributed by atoms with Gasteiger partial charge in [0.15, 0.2) is 4.21 Å². The van der Waals surface area contributed by atoms with Gasteiger partial charge in [-0.15, -0.1) is 11.3 Å². The highest BCUT2D eigenvalue weighted by molar-refractivity contribution is 7.91. The second-order valence-electron chi connectivity index (χ2n) is 3.12. The molecule has 0 saturated heterocycles. The summed E-state index contributed by atoms with van der Waals surface area (Å²) >= 11 is 1.00. The van der Waals surface area contributed by atoms with Crippen LogP contribution in [0.15, 0.2) is 10.4 Å². The largest absolute Gasteiger partial charge is 0.480 e. The lowest BCUT2D eigenvalue weighted by Gasteiger charge is -2.10. The number of hydrogen-bond acceptors (Lipinski definition) is 5. The molecule has 6 nitrogen and oxygen atoms in total. The number of nitrogens with zero attached hydrogens (tertiary/aromatic N) is 1. The van der Waals surface area contributed by atoms with Gasteiger partial charge in [-0.3, -0.25) is 4.79 Å². The van der Waals surface area contributed by atoms with Crippen LogP contribution in [0.2, 0.25) is 0 Å². The number of sulfonamides is 1. The van der Waals surface area contributed by atoms with E-state index in [1.165, 1.54) is 6.20 Å². The van der Waals surface area contributed by atoms with E-state index in [0.29, 0.717) is 5.01 Å². The Bertz CT molecular complexity index is 480. The van der Waals surface area contributed by atoms with Crippen LogP contribution >= 0.6 is 11.3 Å². The van der Waals surface area contributed by atoms with Crippen LogP contribution in [0.3, 0.4) is 0 Å². The van der Waals surface area contributed by atoms with Gasteiger partial charge < -0.3 is 5.11 Å². The molecule has 0 aliphatic rings. The molecule has 0 amide bonds. The average Bonchev–Trinajstić information content (AvgIpc) is 2.61. The van der Waals surface area contributed by atoms with Crippen LogP contribution in [-0.4, -0.2) is 30.5 Å². The number of hydrogen-bond donors (Lipinski definition) is 2. The third kappa shape index (κ3) is 3.00. The normalized spacial score (nSPS) is 13.6. The molecule has 1 aromatic rings. The SMILES string of the molecule is CC[C@@H](NS(=O)(=O)c1cnc(C)s1)C(=O)O. The van der Waals surface area contributed by atoms with E-state index < -0.39 is 22.0 Å². The Balaban J connectivity index is 2.91. The van der Waals surface area contributed by atoms with Crippen molar-refractivity contribution in [2.24, 2.45) is 0 Å². The van der Waals surface area contributed by atoms with Gasteiger partial charge in [-0.1, -0.05) is 6.92 Å². The van der Waals surface area contributed by atoms with Gasteiger partial charge in [-0.2, -0.15) is 4.72 Å². The van der Waals surface area contributed by atoms with Gasteiger partial charge in [-0.05, 0) is 13.3 Å². The minimum Gasteiger partial charge on any atom is -0.480 e. The van der Waals surface area contributed by atoms with Gasteiger partial charge in [0.1, 0.15) is 6.04 Å². The van der Waals surface area contributed by atoms with Crippen LogP contribution in [0.1, 0.15) is 18.4 Å². The van der Waals surface area contributed by atoms with Crippen molar-refractivity contribution in [3.63, 3.8) is 0 Å². The molecule has 16 heavy (non-hydrogen) atoms. The lowest BCUT2D eigenvalue weighted by atomic mass is 10.2. The highest BCUT2D eigenvalue weighted by Gasteiger charge is 2.25. The molecule has 0 aliphatic heterocycles. The van der Waals surface area contributed by atoms with E-state index in [9.17, 15) is 13.2 Å². The summed E-state index contributed by atoms with van der Waals surface area (Å²) in [6.07, 6.45) is 1.41. The monoisotopic (exact) mass is 264 g/mol. The van der Waals surface area contributed by atoms with E-state index in [1.807, 2.05) is 0 Å². The first kappa shape index (κ1) is 13.1. The van der Waals surface area contributed by atoms with Gasteiger partial charge in [0, 0.05) is 0 Å². The topological polar surface area (TPSA) is 96.4 Å². The van der Waals surface area contributed by atoms with Crippen LogP contribution in [-0.2, 0) is 14.8 Å². The molecule has 0 radical (unpaired) electrons.